The lowest BCUT2D eigenvalue weighted by Gasteiger charge is -2.33. The zero-order valence-electron chi connectivity index (χ0n) is 23.7. The van der Waals surface area contributed by atoms with Crippen LogP contribution in [0.2, 0.25) is 0 Å². The molecular formula is C32H30F3N5O4. The average Bonchev–Trinajstić information content (AvgIpc) is 3.41. The molecule has 5 rings (SSSR count). The monoisotopic (exact) mass is 605 g/mol. The Hall–Kier alpha value is -5.13. The SMILES string of the molecule is CN(Cc1ccccc1C(F)(F)F)C(=O)C(Cc1c[nH]c2ccccc12)NC(=O)CN1CC(=O)NC(c2ccccc2)C1=O. The van der Waals surface area contributed by atoms with Gasteiger partial charge >= 0.3 is 6.18 Å². The lowest BCUT2D eigenvalue weighted by Crippen LogP contribution is -2.57. The minimum Gasteiger partial charge on any atom is -0.361 e. The van der Waals surface area contributed by atoms with E-state index >= 15 is 0 Å². The molecule has 0 saturated carbocycles. The van der Waals surface area contributed by atoms with Crippen molar-refractivity contribution in [3.63, 3.8) is 0 Å². The van der Waals surface area contributed by atoms with Crippen LogP contribution in [0.15, 0.2) is 85.1 Å². The lowest BCUT2D eigenvalue weighted by molar-refractivity contribution is -0.147. The zero-order chi connectivity index (χ0) is 31.4. The minimum atomic E-state index is -4.61. The number of likely N-dealkylation sites (N-methyl/N-ethyl adjacent to an activating group) is 1. The maximum Gasteiger partial charge on any atom is 0.416 e. The molecule has 0 radical (unpaired) electrons. The molecule has 228 valence electrons. The Morgan fingerprint density at radius 3 is 2.41 bits per heavy atom. The van der Waals surface area contributed by atoms with Crippen LogP contribution in [0.1, 0.15) is 28.3 Å². The Kier molecular flexibility index (Phi) is 8.70. The number of aromatic nitrogens is 1. The minimum absolute atomic E-state index is 0.0287. The summed E-state index contributed by atoms with van der Waals surface area (Å²) < 4.78 is 40.9. The smallest absolute Gasteiger partial charge is 0.361 e. The molecule has 9 nitrogen and oxygen atoms in total. The molecule has 4 amide bonds. The molecule has 2 unspecified atom stereocenters. The van der Waals surface area contributed by atoms with E-state index in [0.29, 0.717) is 11.1 Å². The molecule has 1 aromatic heterocycles. The van der Waals surface area contributed by atoms with Gasteiger partial charge in [-0.2, -0.15) is 13.2 Å². The third-order valence-corrected chi connectivity index (χ3v) is 7.50. The van der Waals surface area contributed by atoms with E-state index in [2.05, 4.69) is 15.6 Å². The molecule has 0 bridgehead atoms. The fourth-order valence-corrected chi connectivity index (χ4v) is 5.38. The van der Waals surface area contributed by atoms with Crippen molar-refractivity contribution in [3.8, 4) is 0 Å². The molecule has 0 spiro atoms. The van der Waals surface area contributed by atoms with Gasteiger partial charge < -0.3 is 25.4 Å². The van der Waals surface area contributed by atoms with Crippen molar-refractivity contribution in [1.82, 2.24) is 25.4 Å². The van der Waals surface area contributed by atoms with Crippen LogP contribution >= 0.6 is 0 Å². The number of benzene rings is 3. The largest absolute Gasteiger partial charge is 0.416 e. The maximum atomic E-state index is 13.7. The van der Waals surface area contributed by atoms with E-state index in [1.807, 2.05) is 24.3 Å². The number of alkyl halides is 3. The summed E-state index contributed by atoms with van der Waals surface area (Å²) in [7, 11) is 1.37. The van der Waals surface area contributed by atoms with E-state index in [1.165, 1.54) is 25.2 Å². The molecule has 1 saturated heterocycles. The predicted octanol–water partition coefficient (Wildman–Crippen LogP) is 3.57. The van der Waals surface area contributed by atoms with Gasteiger partial charge in [-0.25, -0.2) is 0 Å². The second kappa shape index (κ2) is 12.6. The fourth-order valence-electron chi connectivity index (χ4n) is 5.38. The summed E-state index contributed by atoms with van der Waals surface area (Å²) >= 11 is 0. The summed E-state index contributed by atoms with van der Waals surface area (Å²) in [6, 6.07) is 18.8. The molecular weight excluding hydrogens is 575 g/mol. The van der Waals surface area contributed by atoms with Gasteiger partial charge in [0.05, 0.1) is 5.56 Å². The molecule has 3 aromatic carbocycles. The van der Waals surface area contributed by atoms with E-state index in [-0.39, 0.29) is 25.1 Å². The van der Waals surface area contributed by atoms with E-state index < -0.39 is 54.0 Å². The van der Waals surface area contributed by atoms with Crippen molar-refractivity contribution in [2.75, 3.05) is 20.1 Å². The van der Waals surface area contributed by atoms with Crippen molar-refractivity contribution in [1.29, 1.82) is 0 Å². The number of hydrogen-bond acceptors (Lipinski definition) is 4. The molecule has 44 heavy (non-hydrogen) atoms. The number of nitrogens with one attached hydrogen (secondary N) is 3. The van der Waals surface area contributed by atoms with Gasteiger partial charge in [0, 0.05) is 37.1 Å². The summed E-state index contributed by atoms with van der Waals surface area (Å²) in [5.74, 6) is -2.24. The molecule has 4 aromatic rings. The Morgan fingerprint density at radius 2 is 1.66 bits per heavy atom. The van der Waals surface area contributed by atoms with Crippen LogP contribution in [0.3, 0.4) is 0 Å². The normalized spacial score (nSPS) is 16.0. The molecule has 1 fully saturated rings. The van der Waals surface area contributed by atoms with Gasteiger partial charge in [0.1, 0.15) is 25.2 Å². The maximum absolute atomic E-state index is 13.7. The summed E-state index contributed by atoms with van der Waals surface area (Å²) in [4.78, 5) is 58.1. The number of aromatic amines is 1. The van der Waals surface area contributed by atoms with Crippen LogP contribution < -0.4 is 10.6 Å². The van der Waals surface area contributed by atoms with Crippen molar-refractivity contribution in [2.45, 2.75) is 31.2 Å². The molecule has 2 atom stereocenters. The number of hydrogen-bond donors (Lipinski definition) is 3. The number of rotatable bonds is 9. The Balaban J connectivity index is 1.36. The number of H-pyrrole nitrogens is 1. The van der Waals surface area contributed by atoms with Crippen molar-refractivity contribution >= 4 is 34.5 Å². The third-order valence-electron chi connectivity index (χ3n) is 7.50. The van der Waals surface area contributed by atoms with Crippen molar-refractivity contribution in [3.05, 3.63) is 107 Å². The zero-order valence-corrected chi connectivity index (χ0v) is 23.7. The van der Waals surface area contributed by atoms with Crippen LogP contribution in [-0.2, 0) is 38.3 Å². The van der Waals surface area contributed by atoms with E-state index in [4.69, 9.17) is 0 Å². The van der Waals surface area contributed by atoms with Gasteiger partial charge in [0.25, 0.3) is 5.91 Å². The summed E-state index contributed by atoms with van der Waals surface area (Å²) in [6.45, 7) is -1.18. The Bertz CT molecular complexity index is 1690. The summed E-state index contributed by atoms with van der Waals surface area (Å²) in [5, 5.41) is 6.13. The second-order valence-corrected chi connectivity index (χ2v) is 10.6. The van der Waals surface area contributed by atoms with Gasteiger partial charge in [-0.1, -0.05) is 66.7 Å². The van der Waals surface area contributed by atoms with E-state index in [9.17, 15) is 32.3 Å². The average molecular weight is 606 g/mol. The third kappa shape index (κ3) is 6.74. The van der Waals surface area contributed by atoms with Crippen LogP contribution in [0.25, 0.3) is 10.9 Å². The standard InChI is InChI=1S/C32H30F3N5O4/c1-39(17-21-11-5-7-13-24(21)32(33,34)35)30(43)26(15-22-16-36-25-14-8-6-12-23(22)25)37-27(41)18-40-19-28(42)38-29(31(40)44)20-9-3-2-4-10-20/h2-14,16,26,29,36H,15,17-19H2,1H3,(H,37,41)(H,38,42). The highest BCUT2D eigenvalue weighted by molar-refractivity contribution is 5.98. The van der Waals surface area contributed by atoms with Gasteiger partial charge in [-0.3, -0.25) is 19.2 Å². The van der Waals surface area contributed by atoms with Crippen LogP contribution in [0.5, 0.6) is 0 Å². The first-order valence-electron chi connectivity index (χ1n) is 13.9. The lowest BCUT2D eigenvalue weighted by atomic mass is 10.0. The van der Waals surface area contributed by atoms with Gasteiger partial charge in [0.2, 0.25) is 17.7 Å². The van der Waals surface area contributed by atoms with Crippen molar-refractivity contribution in [2.24, 2.45) is 0 Å². The number of para-hydroxylation sites is 1. The summed E-state index contributed by atoms with van der Waals surface area (Å²) in [6.07, 6.45) is -2.87. The number of halogens is 3. The number of carbonyl (C=O) groups is 4. The van der Waals surface area contributed by atoms with Crippen LogP contribution in [0.4, 0.5) is 13.2 Å². The molecule has 3 N–H and O–H groups in total. The van der Waals surface area contributed by atoms with Gasteiger partial charge in [0.15, 0.2) is 0 Å². The first-order valence-corrected chi connectivity index (χ1v) is 13.9. The van der Waals surface area contributed by atoms with E-state index in [0.717, 1.165) is 26.8 Å². The molecule has 0 aliphatic carbocycles. The van der Waals surface area contributed by atoms with E-state index in [1.54, 1.807) is 36.5 Å². The number of nitrogens with zero attached hydrogens (tertiary/aromatic N) is 2. The summed E-state index contributed by atoms with van der Waals surface area (Å²) in [5.41, 5.74) is 1.13. The topological polar surface area (TPSA) is 115 Å². The van der Waals surface area contributed by atoms with Gasteiger partial charge in [-0.15, -0.1) is 0 Å². The first-order chi connectivity index (χ1) is 21.0. The molecule has 12 heteroatoms. The van der Waals surface area contributed by atoms with Crippen LogP contribution in [-0.4, -0.2) is 64.6 Å². The highest BCUT2D eigenvalue weighted by Crippen LogP contribution is 2.32. The fraction of sp³-hybridized carbons (Fsp3) is 0.250. The Labute approximate surface area is 251 Å². The Morgan fingerprint density at radius 1 is 0.977 bits per heavy atom. The van der Waals surface area contributed by atoms with Gasteiger partial charge in [-0.05, 0) is 28.8 Å². The number of fused-ring (bicyclic) bond motifs is 1. The van der Waals surface area contributed by atoms with Crippen LogP contribution in [0, 0.1) is 0 Å². The molecule has 1 aliphatic rings. The predicted molar refractivity (Wildman–Crippen MR) is 156 cm³/mol. The second-order valence-electron chi connectivity index (χ2n) is 10.6. The number of carbonyl (C=O) groups excluding carboxylic acids is 4. The first kappa shape index (κ1) is 30.3. The highest BCUT2D eigenvalue weighted by Gasteiger charge is 2.36. The van der Waals surface area contributed by atoms with Crippen molar-refractivity contribution < 1.29 is 32.3 Å². The quantitative estimate of drug-likeness (QED) is 0.271. The molecule has 2 heterocycles. The number of piperazine rings is 1. The molecule has 1 aliphatic heterocycles. The number of amides is 4. The highest BCUT2D eigenvalue weighted by atomic mass is 19.4.